The molecule has 0 N–H and O–H groups in total. The van der Waals surface area contributed by atoms with Gasteiger partial charge in [0.15, 0.2) is 0 Å². The molecule has 0 bridgehead atoms. The second-order valence-electron chi connectivity index (χ2n) is 6.87. The van der Waals surface area contributed by atoms with Gasteiger partial charge in [-0.3, -0.25) is 4.79 Å². The molecular formula is C22H21ClN2O3. The fourth-order valence-electron chi connectivity index (χ4n) is 3.79. The van der Waals surface area contributed by atoms with Crippen molar-refractivity contribution in [3.05, 3.63) is 70.4 Å². The van der Waals surface area contributed by atoms with Crippen molar-refractivity contribution in [1.82, 2.24) is 10.1 Å². The van der Waals surface area contributed by atoms with E-state index < -0.39 is 0 Å². The Balaban J connectivity index is 1.69. The first-order chi connectivity index (χ1) is 13.6. The third kappa shape index (κ3) is 3.27. The fraction of sp³-hybridized carbons (Fsp3) is 0.273. The van der Waals surface area contributed by atoms with Crippen LogP contribution >= 0.6 is 11.6 Å². The van der Waals surface area contributed by atoms with Crippen LogP contribution in [0.2, 0.25) is 5.02 Å². The van der Waals surface area contributed by atoms with E-state index in [4.69, 9.17) is 20.9 Å². The van der Waals surface area contributed by atoms with Crippen molar-refractivity contribution in [2.75, 3.05) is 13.7 Å². The van der Waals surface area contributed by atoms with Gasteiger partial charge in [0, 0.05) is 12.1 Å². The summed E-state index contributed by atoms with van der Waals surface area (Å²) in [5.74, 6) is 1.22. The summed E-state index contributed by atoms with van der Waals surface area (Å²) in [6, 6.07) is 15.3. The summed E-state index contributed by atoms with van der Waals surface area (Å²) in [6.45, 7) is 2.46. The van der Waals surface area contributed by atoms with Crippen molar-refractivity contribution in [1.29, 1.82) is 0 Å². The number of rotatable bonds is 4. The number of hydrogen-bond acceptors (Lipinski definition) is 4. The van der Waals surface area contributed by atoms with Gasteiger partial charge < -0.3 is 14.2 Å². The smallest absolute Gasteiger partial charge is 0.260 e. The molecule has 144 valence electrons. The molecular weight excluding hydrogens is 376 g/mol. The average molecular weight is 397 g/mol. The molecule has 1 aliphatic heterocycles. The molecule has 0 radical (unpaired) electrons. The molecule has 5 nitrogen and oxygen atoms in total. The first-order valence-electron chi connectivity index (χ1n) is 9.26. The zero-order valence-corrected chi connectivity index (χ0v) is 16.6. The molecule has 4 rings (SSSR count). The van der Waals surface area contributed by atoms with E-state index in [1.807, 2.05) is 47.4 Å². The Bertz CT molecular complexity index is 997. The molecule has 1 amide bonds. The third-order valence-corrected chi connectivity index (χ3v) is 5.55. The van der Waals surface area contributed by atoms with Crippen molar-refractivity contribution < 1.29 is 14.1 Å². The van der Waals surface area contributed by atoms with E-state index in [1.165, 1.54) is 0 Å². The highest BCUT2D eigenvalue weighted by atomic mass is 35.5. The second kappa shape index (κ2) is 7.68. The van der Waals surface area contributed by atoms with Crippen LogP contribution in [0.15, 0.2) is 53.1 Å². The van der Waals surface area contributed by atoms with Gasteiger partial charge in [0.1, 0.15) is 22.8 Å². The van der Waals surface area contributed by atoms with Crippen LogP contribution in [0, 0.1) is 6.92 Å². The number of nitrogens with zero attached hydrogens (tertiary/aromatic N) is 2. The Morgan fingerprint density at radius 1 is 1.21 bits per heavy atom. The highest BCUT2D eigenvalue weighted by Gasteiger charge is 2.34. The van der Waals surface area contributed by atoms with Gasteiger partial charge in [-0.2, -0.15) is 0 Å². The lowest BCUT2D eigenvalue weighted by Gasteiger charge is -2.25. The van der Waals surface area contributed by atoms with Crippen molar-refractivity contribution in [2.24, 2.45) is 0 Å². The van der Waals surface area contributed by atoms with Gasteiger partial charge in [-0.1, -0.05) is 47.1 Å². The molecule has 1 atom stereocenters. The summed E-state index contributed by atoms with van der Waals surface area (Å²) >= 11 is 6.34. The lowest BCUT2D eigenvalue weighted by atomic mass is 10.0. The lowest BCUT2D eigenvalue weighted by molar-refractivity contribution is 0.0734. The Morgan fingerprint density at radius 3 is 2.68 bits per heavy atom. The molecule has 0 saturated carbocycles. The first-order valence-corrected chi connectivity index (χ1v) is 9.64. The van der Waals surface area contributed by atoms with Crippen LogP contribution in [-0.2, 0) is 0 Å². The number of benzene rings is 2. The minimum Gasteiger partial charge on any atom is -0.497 e. The molecule has 0 spiro atoms. The van der Waals surface area contributed by atoms with E-state index in [0.29, 0.717) is 34.1 Å². The van der Waals surface area contributed by atoms with Crippen LogP contribution < -0.4 is 4.74 Å². The number of methoxy groups -OCH3 is 1. The molecule has 1 aliphatic rings. The summed E-state index contributed by atoms with van der Waals surface area (Å²) in [7, 11) is 1.64. The summed E-state index contributed by atoms with van der Waals surface area (Å²) in [5.41, 5.74) is 2.77. The van der Waals surface area contributed by atoms with Crippen LogP contribution in [0.1, 0.15) is 40.6 Å². The molecule has 3 aromatic rings. The zero-order chi connectivity index (χ0) is 19.7. The van der Waals surface area contributed by atoms with Gasteiger partial charge in [0.2, 0.25) is 0 Å². The van der Waals surface area contributed by atoms with E-state index in [1.54, 1.807) is 20.1 Å². The number of likely N-dealkylation sites (tertiary alicyclic amines) is 1. The number of aryl methyl sites for hydroxylation is 1. The van der Waals surface area contributed by atoms with Gasteiger partial charge in [0.25, 0.3) is 5.91 Å². The predicted octanol–water partition coefficient (Wildman–Crippen LogP) is 5.29. The van der Waals surface area contributed by atoms with Crippen molar-refractivity contribution >= 4 is 17.5 Å². The van der Waals surface area contributed by atoms with Crippen LogP contribution in [-0.4, -0.2) is 29.6 Å². The highest BCUT2D eigenvalue weighted by molar-refractivity contribution is 6.33. The van der Waals surface area contributed by atoms with Gasteiger partial charge in [-0.05, 0) is 43.5 Å². The zero-order valence-electron chi connectivity index (χ0n) is 15.8. The second-order valence-corrected chi connectivity index (χ2v) is 7.28. The summed E-state index contributed by atoms with van der Waals surface area (Å²) in [6.07, 6.45) is 1.87. The Hall–Kier alpha value is -2.79. The number of aromatic nitrogens is 1. The predicted molar refractivity (Wildman–Crippen MR) is 108 cm³/mol. The molecule has 6 heteroatoms. The van der Waals surface area contributed by atoms with Crippen LogP contribution in [0.4, 0.5) is 0 Å². The maximum absolute atomic E-state index is 13.5. The standard InChI is InChI=1S/C22H21ClN2O3/c1-14-20(21(24-28-14)17-6-3-4-7-18(17)23)22(26)25-13-5-8-19(25)15-9-11-16(27-2)12-10-15/h3-4,6-7,9-12,19H,5,8,13H2,1-2H3. The SMILES string of the molecule is COc1ccc(C2CCCN2C(=O)c2c(-c3ccccc3Cl)noc2C)cc1. The number of carbonyl (C=O) groups is 1. The highest BCUT2D eigenvalue weighted by Crippen LogP contribution is 2.37. The van der Waals surface area contributed by atoms with E-state index in [9.17, 15) is 4.79 Å². The van der Waals surface area contributed by atoms with Crippen LogP contribution in [0.25, 0.3) is 11.3 Å². The van der Waals surface area contributed by atoms with Crippen molar-refractivity contribution in [3.8, 4) is 17.0 Å². The number of halogens is 1. The van der Waals surface area contributed by atoms with Crippen molar-refractivity contribution in [2.45, 2.75) is 25.8 Å². The molecule has 0 aliphatic carbocycles. The quantitative estimate of drug-likeness (QED) is 0.601. The van der Waals surface area contributed by atoms with Crippen LogP contribution in [0.3, 0.4) is 0 Å². The Morgan fingerprint density at radius 2 is 1.96 bits per heavy atom. The normalized spacial score (nSPS) is 16.4. The number of carbonyl (C=O) groups excluding carboxylic acids is 1. The fourth-order valence-corrected chi connectivity index (χ4v) is 4.01. The van der Waals surface area contributed by atoms with Crippen LogP contribution in [0.5, 0.6) is 5.75 Å². The first kappa shape index (κ1) is 18.6. The largest absolute Gasteiger partial charge is 0.497 e. The maximum Gasteiger partial charge on any atom is 0.260 e. The Labute approximate surface area is 168 Å². The molecule has 1 aromatic heterocycles. The molecule has 1 saturated heterocycles. The molecule has 1 fully saturated rings. The molecule has 28 heavy (non-hydrogen) atoms. The van der Waals surface area contributed by atoms with E-state index in [0.717, 1.165) is 24.2 Å². The summed E-state index contributed by atoms with van der Waals surface area (Å²) in [5, 5.41) is 4.68. The van der Waals surface area contributed by atoms with E-state index in [2.05, 4.69) is 5.16 Å². The third-order valence-electron chi connectivity index (χ3n) is 5.22. The van der Waals surface area contributed by atoms with Gasteiger partial charge in [0.05, 0.1) is 18.2 Å². The minimum absolute atomic E-state index is 0.0202. The summed E-state index contributed by atoms with van der Waals surface area (Å²) < 4.78 is 10.6. The van der Waals surface area contributed by atoms with Gasteiger partial charge >= 0.3 is 0 Å². The topological polar surface area (TPSA) is 55.6 Å². The molecule has 2 heterocycles. The Kier molecular flexibility index (Phi) is 5.09. The average Bonchev–Trinajstić information content (AvgIpc) is 3.35. The van der Waals surface area contributed by atoms with Gasteiger partial charge in [-0.25, -0.2) is 0 Å². The van der Waals surface area contributed by atoms with Crippen molar-refractivity contribution in [3.63, 3.8) is 0 Å². The number of hydrogen-bond donors (Lipinski definition) is 0. The monoisotopic (exact) mass is 396 g/mol. The van der Waals surface area contributed by atoms with E-state index >= 15 is 0 Å². The number of ether oxygens (including phenoxy) is 1. The number of amides is 1. The maximum atomic E-state index is 13.5. The van der Waals surface area contributed by atoms with E-state index in [-0.39, 0.29) is 11.9 Å². The minimum atomic E-state index is -0.0769. The molecule has 2 aromatic carbocycles. The lowest BCUT2D eigenvalue weighted by Crippen LogP contribution is -2.31. The van der Waals surface area contributed by atoms with Gasteiger partial charge in [-0.15, -0.1) is 0 Å². The summed E-state index contributed by atoms with van der Waals surface area (Å²) in [4.78, 5) is 15.4. The molecule has 1 unspecified atom stereocenters.